The van der Waals surface area contributed by atoms with Crippen LogP contribution in [0.3, 0.4) is 0 Å². The number of pyridine rings is 1. The summed E-state index contributed by atoms with van der Waals surface area (Å²) in [6.45, 7) is 4.01. The van der Waals surface area contributed by atoms with E-state index in [2.05, 4.69) is 21.6 Å². The number of thioether (sulfide) groups is 1. The molecule has 0 spiro atoms. The van der Waals surface area contributed by atoms with Crippen molar-refractivity contribution in [3.8, 4) is 0 Å². The van der Waals surface area contributed by atoms with Crippen LogP contribution < -0.4 is 5.43 Å². The fraction of sp³-hybridized carbons (Fsp3) is 0.150. The van der Waals surface area contributed by atoms with Crippen LogP contribution >= 0.6 is 23.4 Å². The van der Waals surface area contributed by atoms with Crippen molar-refractivity contribution in [2.75, 3.05) is 5.75 Å². The van der Waals surface area contributed by atoms with E-state index in [1.54, 1.807) is 18.3 Å². The zero-order valence-corrected chi connectivity index (χ0v) is 16.1. The summed E-state index contributed by atoms with van der Waals surface area (Å²) < 4.78 is 0. The fourth-order valence-corrected chi connectivity index (χ4v) is 3.51. The summed E-state index contributed by atoms with van der Waals surface area (Å²) in [5.41, 5.74) is 6.47. The number of aryl methyl sites for hydroxylation is 2. The first-order valence-corrected chi connectivity index (χ1v) is 9.46. The average Bonchev–Trinajstić information content (AvgIpc) is 2.62. The van der Waals surface area contributed by atoms with Crippen LogP contribution in [0.4, 0.5) is 0 Å². The maximum Gasteiger partial charge on any atom is 0.250 e. The molecule has 0 saturated carbocycles. The minimum absolute atomic E-state index is 0.157. The first-order valence-electron chi connectivity index (χ1n) is 8.09. The Labute approximate surface area is 161 Å². The molecule has 3 aromatic rings. The maximum absolute atomic E-state index is 12.1. The Balaban J connectivity index is 1.63. The summed E-state index contributed by atoms with van der Waals surface area (Å²) in [5.74, 6) is 0.125. The van der Waals surface area contributed by atoms with Gasteiger partial charge in [0, 0.05) is 21.0 Å². The number of halogens is 1. The van der Waals surface area contributed by atoms with Gasteiger partial charge in [-0.2, -0.15) is 5.10 Å². The van der Waals surface area contributed by atoms with Gasteiger partial charge in [-0.25, -0.2) is 5.43 Å². The largest absolute Gasteiger partial charge is 0.272 e. The van der Waals surface area contributed by atoms with Crippen molar-refractivity contribution in [2.45, 2.75) is 18.7 Å². The maximum atomic E-state index is 12.1. The molecule has 0 bridgehead atoms. The van der Waals surface area contributed by atoms with Crippen molar-refractivity contribution in [3.05, 3.63) is 70.4 Å². The number of hydrogen-bond donors (Lipinski definition) is 1. The lowest BCUT2D eigenvalue weighted by Crippen LogP contribution is -2.19. The number of carbonyl (C=O) groups excluding carboxylic acids is 1. The molecule has 26 heavy (non-hydrogen) atoms. The predicted octanol–water partition coefficient (Wildman–Crippen LogP) is 4.75. The minimum atomic E-state index is -0.157. The third kappa shape index (κ3) is 4.84. The smallest absolute Gasteiger partial charge is 0.250 e. The van der Waals surface area contributed by atoms with Gasteiger partial charge in [0.15, 0.2) is 0 Å². The standard InChI is InChI=1S/C20H18ClN3OS/c1-13-3-8-18-17(9-13)19(10-14(2)23-18)26-12-20(25)24-22-11-15-4-6-16(21)7-5-15/h3-11H,12H2,1-2H3,(H,24,25)/b22-11+. The molecule has 0 aliphatic heterocycles. The van der Waals surface area contributed by atoms with E-state index in [4.69, 9.17) is 11.6 Å². The highest BCUT2D eigenvalue weighted by Gasteiger charge is 2.08. The summed E-state index contributed by atoms with van der Waals surface area (Å²) in [7, 11) is 0. The molecule has 3 rings (SSSR count). The second-order valence-electron chi connectivity index (χ2n) is 5.92. The Hall–Kier alpha value is -2.37. The molecule has 0 radical (unpaired) electrons. The predicted molar refractivity (Wildman–Crippen MR) is 109 cm³/mol. The molecule has 0 saturated heterocycles. The highest BCUT2D eigenvalue weighted by Crippen LogP contribution is 2.28. The van der Waals surface area contributed by atoms with Gasteiger partial charge in [0.1, 0.15) is 0 Å². The molecule has 1 aromatic heterocycles. The van der Waals surface area contributed by atoms with Crippen molar-refractivity contribution in [1.29, 1.82) is 0 Å². The van der Waals surface area contributed by atoms with Crippen LogP contribution in [0.2, 0.25) is 5.02 Å². The number of amides is 1. The molecule has 1 heterocycles. The summed E-state index contributed by atoms with van der Waals surface area (Å²) >= 11 is 7.32. The number of aromatic nitrogens is 1. The van der Waals surface area contributed by atoms with Gasteiger partial charge in [-0.3, -0.25) is 9.78 Å². The molecule has 0 atom stereocenters. The van der Waals surface area contributed by atoms with Crippen molar-refractivity contribution >= 4 is 46.4 Å². The van der Waals surface area contributed by atoms with Crippen LogP contribution in [-0.4, -0.2) is 22.9 Å². The molecule has 132 valence electrons. The van der Waals surface area contributed by atoms with Gasteiger partial charge in [0.05, 0.1) is 17.5 Å². The van der Waals surface area contributed by atoms with Crippen LogP contribution in [0.25, 0.3) is 10.9 Å². The number of rotatable bonds is 5. The van der Waals surface area contributed by atoms with Crippen LogP contribution in [0.5, 0.6) is 0 Å². The van der Waals surface area contributed by atoms with Gasteiger partial charge in [-0.1, -0.05) is 35.4 Å². The van der Waals surface area contributed by atoms with Gasteiger partial charge < -0.3 is 0 Å². The Bertz CT molecular complexity index is 971. The van der Waals surface area contributed by atoms with Crippen molar-refractivity contribution in [3.63, 3.8) is 0 Å². The first-order chi connectivity index (χ1) is 12.5. The van der Waals surface area contributed by atoms with Crippen LogP contribution in [0, 0.1) is 13.8 Å². The Kier molecular flexibility index (Phi) is 5.91. The highest BCUT2D eigenvalue weighted by atomic mass is 35.5. The van der Waals surface area contributed by atoms with E-state index in [-0.39, 0.29) is 11.7 Å². The number of nitrogens with zero attached hydrogens (tertiary/aromatic N) is 2. The Morgan fingerprint density at radius 3 is 2.73 bits per heavy atom. The van der Waals surface area contributed by atoms with Gasteiger partial charge in [-0.15, -0.1) is 11.8 Å². The zero-order valence-electron chi connectivity index (χ0n) is 14.5. The Morgan fingerprint density at radius 1 is 1.19 bits per heavy atom. The Morgan fingerprint density at radius 2 is 1.96 bits per heavy atom. The molecule has 4 nitrogen and oxygen atoms in total. The molecule has 2 aromatic carbocycles. The van der Waals surface area contributed by atoms with Gasteiger partial charge >= 0.3 is 0 Å². The van der Waals surface area contributed by atoms with E-state index in [0.717, 1.165) is 27.1 Å². The average molecular weight is 384 g/mol. The lowest BCUT2D eigenvalue weighted by Gasteiger charge is -2.08. The number of hydrazone groups is 1. The molecule has 1 N–H and O–H groups in total. The van der Waals surface area contributed by atoms with Crippen LogP contribution in [-0.2, 0) is 4.79 Å². The fourth-order valence-electron chi connectivity index (χ4n) is 2.46. The van der Waals surface area contributed by atoms with E-state index in [9.17, 15) is 4.79 Å². The summed E-state index contributed by atoms with van der Waals surface area (Å²) in [5, 5.41) is 5.72. The number of hydrogen-bond acceptors (Lipinski definition) is 4. The lowest BCUT2D eigenvalue weighted by atomic mass is 10.1. The molecule has 0 fully saturated rings. The number of nitrogens with one attached hydrogen (secondary N) is 1. The molecule has 1 amide bonds. The van der Waals surface area contributed by atoms with Crippen LogP contribution in [0.15, 0.2) is 58.5 Å². The number of carbonyl (C=O) groups is 1. The molecule has 6 heteroatoms. The zero-order chi connectivity index (χ0) is 18.5. The van der Waals surface area contributed by atoms with E-state index < -0.39 is 0 Å². The monoisotopic (exact) mass is 383 g/mol. The third-order valence-electron chi connectivity index (χ3n) is 3.69. The summed E-state index contributed by atoms with van der Waals surface area (Å²) in [4.78, 5) is 17.7. The number of fused-ring (bicyclic) bond motifs is 1. The summed E-state index contributed by atoms with van der Waals surface area (Å²) in [6.07, 6.45) is 1.59. The first kappa shape index (κ1) is 18.4. The number of benzene rings is 2. The summed E-state index contributed by atoms with van der Waals surface area (Å²) in [6, 6.07) is 15.4. The van der Waals surface area contributed by atoms with Crippen molar-refractivity contribution in [1.82, 2.24) is 10.4 Å². The quantitative estimate of drug-likeness (QED) is 0.393. The second kappa shape index (κ2) is 8.34. The van der Waals surface area contributed by atoms with Gasteiger partial charge in [0.25, 0.3) is 0 Å². The van der Waals surface area contributed by atoms with Crippen molar-refractivity contribution < 1.29 is 4.79 Å². The molecular weight excluding hydrogens is 366 g/mol. The lowest BCUT2D eigenvalue weighted by molar-refractivity contribution is -0.118. The third-order valence-corrected chi connectivity index (χ3v) is 4.99. The molecular formula is C20H18ClN3OS. The normalized spacial score (nSPS) is 11.2. The highest BCUT2D eigenvalue weighted by molar-refractivity contribution is 8.00. The van der Waals surface area contributed by atoms with E-state index in [0.29, 0.717) is 5.02 Å². The van der Waals surface area contributed by atoms with Crippen molar-refractivity contribution in [2.24, 2.45) is 5.10 Å². The van der Waals surface area contributed by atoms with E-state index in [1.807, 2.05) is 44.2 Å². The van der Waals surface area contributed by atoms with Gasteiger partial charge in [0.2, 0.25) is 5.91 Å². The minimum Gasteiger partial charge on any atom is -0.272 e. The second-order valence-corrected chi connectivity index (χ2v) is 7.37. The van der Waals surface area contributed by atoms with Gasteiger partial charge in [-0.05, 0) is 49.7 Å². The van der Waals surface area contributed by atoms with Crippen LogP contribution in [0.1, 0.15) is 16.8 Å². The molecule has 0 unspecified atom stereocenters. The molecule has 0 aliphatic rings. The van der Waals surface area contributed by atoms with E-state index >= 15 is 0 Å². The SMILES string of the molecule is Cc1ccc2nc(C)cc(SCC(=O)N/N=C/c3ccc(Cl)cc3)c2c1. The topological polar surface area (TPSA) is 54.4 Å². The van der Waals surface area contributed by atoms with E-state index in [1.165, 1.54) is 17.3 Å². The molecule has 0 aliphatic carbocycles.